The van der Waals surface area contributed by atoms with Crippen LogP contribution in [0, 0.1) is 5.41 Å². The molecule has 0 aliphatic carbocycles. The molecule has 0 aromatic heterocycles. The van der Waals surface area contributed by atoms with Gasteiger partial charge in [0.1, 0.15) is 0 Å². The normalized spacial score (nSPS) is 28.3. The number of nitrogens with one attached hydrogen (secondary N) is 1. The minimum Gasteiger partial charge on any atom is -0.384 e. The van der Waals surface area contributed by atoms with E-state index < -0.39 is 0 Å². The molecule has 100 valence electrons. The fourth-order valence-corrected chi connectivity index (χ4v) is 3.25. The molecule has 1 aromatic rings. The summed E-state index contributed by atoms with van der Waals surface area (Å²) in [5.74, 6) is 0.508. The van der Waals surface area contributed by atoms with E-state index in [9.17, 15) is 0 Å². The van der Waals surface area contributed by atoms with Gasteiger partial charge in [0.15, 0.2) is 0 Å². The van der Waals surface area contributed by atoms with Crippen LogP contribution in [0.3, 0.4) is 0 Å². The Morgan fingerprint density at radius 3 is 2.72 bits per heavy atom. The van der Waals surface area contributed by atoms with Crippen LogP contribution in [0.5, 0.6) is 0 Å². The highest BCUT2D eigenvalue weighted by Crippen LogP contribution is 2.43. The van der Waals surface area contributed by atoms with Gasteiger partial charge in [-0.05, 0) is 37.1 Å². The van der Waals surface area contributed by atoms with E-state index in [2.05, 4.69) is 24.4 Å². The van der Waals surface area contributed by atoms with Gasteiger partial charge in [-0.2, -0.15) is 0 Å². The number of piperidine rings is 1. The average molecular weight is 268 g/mol. The predicted molar refractivity (Wildman–Crippen MR) is 76.3 cm³/mol. The van der Waals surface area contributed by atoms with Crippen LogP contribution >= 0.6 is 11.6 Å². The van der Waals surface area contributed by atoms with Gasteiger partial charge >= 0.3 is 0 Å². The van der Waals surface area contributed by atoms with Crippen LogP contribution in [0.4, 0.5) is 0 Å². The van der Waals surface area contributed by atoms with E-state index in [0.717, 1.165) is 31.1 Å². The van der Waals surface area contributed by atoms with Crippen molar-refractivity contribution in [2.75, 3.05) is 26.8 Å². The molecular formula is C15H22ClNO. The topological polar surface area (TPSA) is 21.3 Å². The minimum atomic E-state index is 0.258. The summed E-state index contributed by atoms with van der Waals surface area (Å²) in [6.45, 7) is 5.21. The Kier molecular flexibility index (Phi) is 4.66. The number of benzene rings is 1. The third-order valence-electron chi connectivity index (χ3n) is 4.30. The molecule has 18 heavy (non-hydrogen) atoms. The fraction of sp³-hybridized carbons (Fsp3) is 0.600. The van der Waals surface area contributed by atoms with Gasteiger partial charge in [-0.1, -0.05) is 30.7 Å². The molecule has 2 unspecified atom stereocenters. The lowest BCUT2D eigenvalue weighted by atomic mass is 9.67. The van der Waals surface area contributed by atoms with Crippen LogP contribution in [0.1, 0.15) is 31.2 Å². The zero-order valence-corrected chi connectivity index (χ0v) is 12.0. The molecule has 1 aliphatic rings. The monoisotopic (exact) mass is 267 g/mol. The first-order valence-corrected chi connectivity index (χ1v) is 7.05. The minimum absolute atomic E-state index is 0.258. The van der Waals surface area contributed by atoms with Crippen molar-refractivity contribution in [1.29, 1.82) is 0 Å². The molecule has 1 fully saturated rings. The Morgan fingerprint density at radius 2 is 2.11 bits per heavy atom. The summed E-state index contributed by atoms with van der Waals surface area (Å²) >= 11 is 5.98. The van der Waals surface area contributed by atoms with E-state index in [-0.39, 0.29) is 5.41 Å². The quantitative estimate of drug-likeness (QED) is 0.902. The first-order chi connectivity index (χ1) is 8.72. The fourth-order valence-electron chi connectivity index (χ4n) is 3.13. The number of ether oxygens (including phenoxy) is 1. The van der Waals surface area contributed by atoms with Crippen molar-refractivity contribution in [2.45, 2.75) is 25.7 Å². The maximum atomic E-state index is 5.98. The van der Waals surface area contributed by atoms with Gasteiger partial charge < -0.3 is 10.1 Å². The molecule has 1 N–H and O–H groups in total. The maximum Gasteiger partial charge on any atom is 0.0525 e. The van der Waals surface area contributed by atoms with Crippen LogP contribution in [0.25, 0.3) is 0 Å². The average Bonchev–Trinajstić information content (AvgIpc) is 2.41. The Hall–Kier alpha value is -0.570. The van der Waals surface area contributed by atoms with Crippen molar-refractivity contribution in [1.82, 2.24) is 5.32 Å². The van der Waals surface area contributed by atoms with Crippen molar-refractivity contribution >= 4 is 11.6 Å². The molecule has 0 spiro atoms. The largest absolute Gasteiger partial charge is 0.384 e. The molecule has 0 radical (unpaired) electrons. The first kappa shape index (κ1) is 13.9. The zero-order chi connectivity index (χ0) is 13.0. The summed E-state index contributed by atoms with van der Waals surface area (Å²) in [6.07, 6.45) is 2.32. The summed E-state index contributed by atoms with van der Waals surface area (Å²) in [6, 6.07) is 8.28. The van der Waals surface area contributed by atoms with Crippen LogP contribution in [0.2, 0.25) is 5.02 Å². The lowest BCUT2D eigenvalue weighted by molar-refractivity contribution is 0.0332. The summed E-state index contributed by atoms with van der Waals surface area (Å²) in [7, 11) is 1.80. The SMILES string of the molecule is CCC1(COC)CCNCC1c1ccc(Cl)cc1. The van der Waals surface area contributed by atoms with E-state index in [0.29, 0.717) is 5.92 Å². The molecule has 1 aliphatic heterocycles. The van der Waals surface area contributed by atoms with Gasteiger partial charge in [-0.25, -0.2) is 0 Å². The number of hydrogen-bond acceptors (Lipinski definition) is 2. The van der Waals surface area contributed by atoms with Gasteiger partial charge in [-0.3, -0.25) is 0 Å². The highest BCUT2D eigenvalue weighted by molar-refractivity contribution is 6.30. The maximum absolute atomic E-state index is 5.98. The molecule has 0 amide bonds. The third kappa shape index (κ3) is 2.71. The zero-order valence-electron chi connectivity index (χ0n) is 11.2. The molecule has 1 saturated heterocycles. The third-order valence-corrected chi connectivity index (χ3v) is 4.55. The highest BCUT2D eigenvalue weighted by atomic mass is 35.5. The van der Waals surface area contributed by atoms with E-state index in [1.54, 1.807) is 7.11 Å². The number of hydrogen-bond donors (Lipinski definition) is 1. The van der Waals surface area contributed by atoms with Crippen molar-refractivity contribution in [3.8, 4) is 0 Å². The number of rotatable bonds is 4. The Bertz CT molecular complexity index is 375. The van der Waals surface area contributed by atoms with Crippen LogP contribution < -0.4 is 5.32 Å². The van der Waals surface area contributed by atoms with E-state index >= 15 is 0 Å². The van der Waals surface area contributed by atoms with Crippen molar-refractivity contribution in [3.05, 3.63) is 34.9 Å². The van der Waals surface area contributed by atoms with Gasteiger partial charge in [0.2, 0.25) is 0 Å². The van der Waals surface area contributed by atoms with E-state index in [1.165, 1.54) is 12.0 Å². The molecule has 1 aromatic carbocycles. The molecule has 0 saturated carbocycles. The van der Waals surface area contributed by atoms with Crippen LogP contribution in [-0.2, 0) is 4.74 Å². The smallest absolute Gasteiger partial charge is 0.0525 e. The first-order valence-electron chi connectivity index (χ1n) is 6.67. The molecule has 2 nitrogen and oxygen atoms in total. The number of halogens is 1. The lowest BCUT2D eigenvalue weighted by Gasteiger charge is -2.44. The van der Waals surface area contributed by atoms with Gasteiger partial charge in [0.25, 0.3) is 0 Å². The summed E-state index contributed by atoms with van der Waals surface area (Å²) < 4.78 is 5.50. The second-order valence-corrected chi connectivity index (χ2v) is 5.64. The molecule has 3 heteroatoms. The van der Waals surface area contributed by atoms with Crippen molar-refractivity contribution in [3.63, 3.8) is 0 Å². The second-order valence-electron chi connectivity index (χ2n) is 5.21. The Morgan fingerprint density at radius 1 is 1.39 bits per heavy atom. The van der Waals surface area contributed by atoms with Crippen molar-refractivity contribution in [2.24, 2.45) is 5.41 Å². The highest BCUT2D eigenvalue weighted by Gasteiger charge is 2.40. The summed E-state index contributed by atoms with van der Waals surface area (Å²) in [4.78, 5) is 0. The van der Waals surface area contributed by atoms with E-state index in [4.69, 9.17) is 16.3 Å². The Labute approximate surface area is 115 Å². The predicted octanol–water partition coefficient (Wildman–Crippen LogP) is 3.46. The van der Waals surface area contributed by atoms with Gasteiger partial charge in [0, 0.05) is 30.0 Å². The van der Waals surface area contributed by atoms with E-state index in [1.807, 2.05) is 12.1 Å². The molecule has 2 rings (SSSR count). The lowest BCUT2D eigenvalue weighted by Crippen LogP contribution is -2.45. The summed E-state index contributed by atoms with van der Waals surface area (Å²) in [5, 5.41) is 4.31. The molecule has 1 heterocycles. The van der Waals surface area contributed by atoms with Crippen molar-refractivity contribution < 1.29 is 4.74 Å². The number of methoxy groups -OCH3 is 1. The van der Waals surface area contributed by atoms with Gasteiger partial charge in [-0.15, -0.1) is 0 Å². The standard InChI is InChI=1S/C15H22ClNO/c1-3-15(11-18-2)8-9-17-10-14(15)12-4-6-13(16)7-5-12/h4-7,14,17H,3,8-11H2,1-2H3. The summed E-state index contributed by atoms with van der Waals surface area (Å²) in [5.41, 5.74) is 1.62. The van der Waals surface area contributed by atoms with Gasteiger partial charge in [0.05, 0.1) is 6.61 Å². The second kappa shape index (κ2) is 6.05. The van der Waals surface area contributed by atoms with Crippen LogP contribution in [-0.4, -0.2) is 26.8 Å². The Balaban J connectivity index is 2.29. The molecule has 2 atom stereocenters. The molecular weight excluding hydrogens is 246 g/mol. The van der Waals surface area contributed by atoms with Crippen LogP contribution in [0.15, 0.2) is 24.3 Å². The molecule has 0 bridgehead atoms.